The lowest BCUT2D eigenvalue weighted by Crippen LogP contribution is -2.13. The molecule has 0 aliphatic heterocycles. The number of halogens is 2. The Hall–Kier alpha value is -0.200. The summed E-state index contributed by atoms with van der Waals surface area (Å²) in [6.07, 6.45) is 0. The van der Waals surface area contributed by atoms with Crippen molar-refractivity contribution in [1.82, 2.24) is 0 Å². The monoisotopic (exact) mass is 244 g/mol. The Bertz CT molecular complexity index is 322. The van der Waals surface area contributed by atoms with E-state index in [9.17, 15) is 0 Å². The first-order valence-corrected chi connectivity index (χ1v) is 5.87. The van der Waals surface area contributed by atoms with E-state index in [-0.39, 0.29) is 9.75 Å². The Morgan fingerprint density at radius 1 is 0.800 bits per heavy atom. The van der Waals surface area contributed by atoms with E-state index in [1.165, 1.54) is 5.56 Å². The predicted molar refractivity (Wildman–Crippen MR) is 68.9 cm³/mol. The third kappa shape index (κ3) is 3.39. The molecule has 15 heavy (non-hydrogen) atoms. The molecule has 1 aromatic carbocycles. The van der Waals surface area contributed by atoms with Crippen LogP contribution in [0.15, 0.2) is 18.2 Å². The van der Waals surface area contributed by atoms with Crippen molar-refractivity contribution in [2.45, 2.75) is 44.4 Å². The molecule has 0 unspecified atom stereocenters. The molecular weight excluding hydrogens is 227 g/mol. The average molecular weight is 245 g/mol. The van der Waals surface area contributed by atoms with Gasteiger partial charge in [-0.25, -0.2) is 0 Å². The Kier molecular flexibility index (Phi) is 3.42. The number of alkyl halides is 2. The molecule has 0 saturated heterocycles. The van der Waals surface area contributed by atoms with E-state index in [2.05, 4.69) is 25.1 Å². The molecular formula is C13H18Cl2. The molecule has 0 amide bonds. The minimum Gasteiger partial charge on any atom is -0.115 e. The summed E-state index contributed by atoms with van der Waals surface area (Å²) in [4.78, 5) is -0.689. The highest BCUT2D eigenvalue weighted by Gasteiger charge is 2.22. The molecule has 0 bridgehead atoms. The zero-order chi connectivity index (χ0) is 11.9. The number of benzene rings is 1. The maximum Gasteiger partial charge on any atom is 0.0639 e. The van der Waals surface area contributed by atoms with Crippen LogP contribution in [0.25, 0.3) is 0 Å². The molecule has 0 atom stereocenters. The largest absolute Gasteiger partial charge is 0.115 e. The molecule has 0 N–H and O–H groups in total. The molecule has 0 spiro atoms. The maximum atomic E-state index is 6.31. The summed E-state index contributed by atoms with van der Waals surface area (Å²) in [5, 5.41) is 0. The van der Waals surface area contributed by atoms with Gasteiger partial charge in [0.25, 0.3) is 0 Å². The average Bonchev–Trinajstić information content (AvgIpc) is 1.99. The lowest BCUT2D eigenvalue weighted by molar-refractivity contribution is 0.735. The third-order valence-electron chi connectivity index (χ3n) is 2.45. The minimum absolute atomic E-state index is 0.344. The van der Waals surface area contributed by atoms with Crippen LogP contribution in [0.4, 0.5) is 0 Å². The molecule has 84 valence electrons. The van der Waals surface area contributed by atoms with Gasteiger partial charge in [0.2, 0.25) is 0 Å². The second kappa shape index (κ2) is 3.99. The number of hydrogen-bond acceptors (Lipinski definition) is 0. The maximum absolute atomic E-state index is 6.31. The predicted octanol–water partition coefficient (Wildman–Crippen LogP) is 4.94. The molecule has 0 fully saturated rings. The Balaban J connectivity index is 3.30. The van der Waals surface area contributed by atoms with Gasteiger partial charge in [0.15, 0.2) is 0 Å². The molecule has 2 heteroatoms. The van der Waals surface area contributed by atoms with Gasteiger partial charge in [-0.05, 0) is 45.7 Å². The molecule has 0 aliphatic carbocycles. The summed E-state index contributed by atoms with van der Waals surface area (Å²) in [5.74, 6) is 0. The van der Waals surface area contributed by atoms with Gasteiger partial charge in [0, 0.05) is 0 Å². The summed E-state index contributed by atoms with van der Waals surface area (Å²) < 4.78 is 0. The van der Waals surface area contributed by atoms with Gasteiger partial charge in [-0.2, -0.15) is 0 Å². The zero-order valence-corrected chi connectivity index (χ0v) is 11.5. The van der Waals surface area contributed by atoms with E-state index in [1.54, 1.807) is 0 Å². The molecule has 0 aliphatic rings. The fourth-order valence-electron chi connectivity index (χ4n) is 1.47. The van der Waals surface area contributed by atoms with E-state index in [0.717, 1.165) is 11.1 Å². The van der Waals surface area contributed by atoms with Gasteiger partial charge in [-0.3, -0.25) is 0 Å². The summed E-state index contributed by atoms with van der Waals surface area (Å²) in [6, 6.07) is 6.31. The Morgan fingerprint density at radius 3 is 1.40 bits per heavy atom. The van der Waals surface area contributed by atoms with Crippen molar-refractivity contribution in [1.29, 1.82) is 0 Å². The quantitative estimate of drug-likeness (QED) is 0.647. The highest BCUT2D eigenvalue weighted by molar-refractivity contribution is 6.24. The first-order chi connectivity index (χ1) is 6.60. The van der Waals surface area contributed by atoms with E-state index in [1.807, 2.05) is 27.7 Å². The second-order valence-corrected chi connectivity index (χ2v) is 6.92. The van der Waals surface area contributed by atoms with E-state index < -0.39 is 0 Å². The SMILES string of the molecule is Cc1cc(C(C)(C)Cl)cc(C(C)(C)Cl)c1. The van der Waals surface area contributed by atoms with Crippen molar-refractivity contribution in [2.24, 2.45) is 0 Å². The summed E-state index contributed by atoms with van der Waals surface area (Å²) in [6.45, 7) is 10.0. The summed E-state index contributed by atoms with van der Waals surface area (Å²) >= 11 is 12.6. The normalized spacial score (nSPS) is 13.0. The summed E-state index contributed by atoms with van der Waals surface area (Å²) in [7, 11) is 0. The van der Waals surface area contributed by atoms with Crippen molar-refractivity contribution in [3.05, 3.63) is 34.9 Å². The topological polar surface area (TPSA) is 0 Å². The Morgan fingerprint density at radius 2 is 1.13 bits per heavy atom. The molecule has 0 saturated carbocycles. The number of rotatable bonds is 2. The van der Waals surface area contributed by atoms with Crippen LogP contribution in [0, 0.1) is 6.92 Å². The molecule has 0 nitrogen and oxygen atoms in total. The lowest BCUT2D eigenvalue weighted by Gasteiger charge is -2.23. The minimum atomic E-state index is -0.344. The van der Waals surface area contributed by atoms with Crippen molar-refractivity contribution in [2.75, 3.05) is 0 Å². The van der Waals surface area contributed by atoms with Crippen LogP contribution in [0.1, 0.15) is 44.4 Å². The van der Waals surface area contributed by atoms with Gasteiger partial charge in [-0.15, -0.1) is 23.2 Å². The smallest absolute Gasteiger partial charge is 0.0639 e. The lowest BCUT2D eigenvalue weighted by atomic mass is 9.93. The fraction of sp³-hybridized carbons (Fsp3) is 0.538. The standard InChI is InChI=1S/C13H18Cl2/c1-9-6-10(12(2,3)14)8-11(7-9)13(4,5)15/h6-8H,1-5H3. The van der Waals surface area contributed by atoms with Crippen LogP contribution in [-0.4, -0.2) is 0 Å². The number of hydrogen-bond donors (Lipinski definition) is 0. The first kappa shape index (κ1) is 12.9. The highest BCUT2D eigenvalue weighted by Crippen LogP contribution is 2.34. The second-order valence-electron chi connectivity index (χ2n) is 5.03. The molecule has 0 heterocycles. The first-order valence-electron chi connectivity index (χ1n) is 5.11. The fourth-order valence-corrected chi connectivity index (χ4v) is 1.69. The van der Waals surface area contributed by atoms with Gasteiger partial charge in [-0.1, -0.05) is 23.8 Å². The van der Waals surface area contributed by atoms with Crippen molar-refractivity contribution < 1.29 is 0 Å². The van der Waals surface area contributed by atoms with E-state index in [0.29, 0.717) is 0 Å². The van der Waals surface area contributed by atoms with E-state index in [4.69, 9.17) is 23.2 Å². The molecule has 0 radical (unpaired) electrons. The van der Waals surface area contributed by atoms with Gasteiger partial charge in [0.05, 0.1) is 9.75 Å². The van der Waals surface area contributed by atoms with Crippen LogP contribution in [-0.2, 0) is 9.75 Å². The molecule has 0 aromatic heterocycles. The van der Waals surface area contributed by atoms with Crippen molar-refractivity contribution >= 4 is 23.2 Å². The van der Waals surface area contributed by atoms with Crippen LogP contribution in [0.2, 0.25) is 0 Å². The zero-order valence-electron chi connectivity index (χ0n) is 9.99. The van der Waals surface area contributed by atoms with Crippen LogP contribution in [0.3, 0.4) is 0 Å². The van der Waals surface area contributed by atoms with Gasteiger partial charge >= 0.3 is 0 Å². The Labute approximate surface area is 103 Å². The summed E-state index contributed by atoms with van der Waals surface area (Å²) in [5.41, 5.74) is 3.44. The van der Waals surface area contributed by atoms with E-state index >= 15 is 0 Å². The van der Waals surface area contributed by atoms with Crippen LogP contribution >= 0.6 is 23.2 Å². The molecule has 1 rings (SSSR count). The van der Waals surface area contributed by atoms with Crippen molar-refractivity contribution in [3.63, 3.8) is 0 Å². The third-order valence-corrected chi connectivity index (χ3v) is 2.89. The highest BCUT2D eigenvalue weighted by atomic mass is 35.5. The van der Waals surface area contributed by atoms with Crippen LogP contribution < -0.4 is 0 Å². The van der Waals surface area contributed by atoms with Crippen molar-refractivity contribution in [3.8, 4) is 0 Å². The van der Waals surface area contributed by atoms with Crippen LogP contribution in [0.5, 0.6) is 0 Å². The van der Waals surface area contributed by atoms with Gasteiger partial charge < -0.3 is 0 Å². The molecule has 1 aromatic rings. The van der Waals surface area contributed by atoms with Gasteiger partial charge in [0.1, 0.15) is 0 Å². The number of aryl methyl sites for hydroxylation is 1.